The van der Waals surface area contributed by atoms with Crippen LogP contribution in [0.25, 0.3) is 0 Å². The van der Waals surface area contributed by atoms with Gasteiger partial charge in [-0.3, -0.25) is 4.79 Å². The Morgan fingerprint density at radius 3 is 2.52 bits per heavy atom. The van der Waals surface area contributed by atoms with Gasteiger partial charge in [-0.2, -0.15) is 0 Å². The molecule has 0 saturated carbocycles. The van der Waals surface area contributed by atoms with E-state index in [9.17, 15) is 14.0 Å². The highest BCUT2D eigenvalue weighted by Crippen LogP contribution is 2.08. The molecule has 0 spiro atoms. The highest BCUT2D eigenvalue weighted by atomic mass is 19.1. The quantitative estimate of drug-likeness (QED) is 0.834. The maximum absolute atomic E-state index is 13.2. The first-order valence-electron chi connectivity index (χ1n) is 7.28. The molecule has 120 valence electrons. The molecule has 2 aromatic rings. The van der Waals surface area contributed by atoms with Crippen molar-refractivity contribution >= 4 is 11.9 Å². The lowest BCUT2D eigenvalue weighted by Gasteiger charge is -2.16. The number of carbonyl (C=O) groups is 2. The molecule has 0 fully saturated rings. The van der Waals surface area contributed by atoms with Gasteiger partial charge < -0.3 is 10.1 Å². The van der Waals surface area contributed by atoms with Crippen LogP contribution in [0.5, 0.6) is 0 Å². The second-order valence-corrected chi connectivity index (χ2v) is 5.08. The third-order valence-corrected chi connectivity index (χ3v) is 3.44. The van der Waals surface area contributed by atoms with Crippen LogP contribution >= 0.6 is 0 Å². The fourth-order valence-corrected chi connectivity index (χ4v) is 2.22. The monoisotopic (exact) mass is 315 g/mol. The van der Waals surface area contributed by atoms with E-state index in [1.807, 2.05) is 30.3 Å². The molecular weight excluding hydrogens is 297 g/mol. The minimum atomic E-state index is -0.782. The molecule has 2 aromatic carbocycles. The summed E-state index contributed by atoms with van der Waals surface area (Å²) in [6.07, 6.45) is 1.02. The molecule has 5 heteroatoms. The minimum Gasteiger partial charge on any atom is -0.467 e. The first kappa shape index (κ1) is 16.7. The fraction of sp³-hybridized carbons (Fsp3) is 0.222. The maximum Gasteiger partial charge on any atom is 0.328 e. The summed E-state index contributed by atoms with van der Waals surface area (Å²) in [5.74, 6) is -1.53. The van der Waals surface area contributed by atoms with Crippen molar-refractivity contribution in [3.8, 4) is 0 Å². The number of halogens is 1. The molecule has 4 nitrogen and oxygen atoms in total. The third-order valence-electron chi connectivity index (χ3n) is 3.44. The van der Waals surface area contributed by atoms with E-state index in [1.165, 1.54) is 25.3 Å². The van der Waals surface area contributed by atoms with Crippen molar-refractivity contribution < 1.29 is 18.7 Å². The third kappa shape index (κ3) is 4.92. The van der Waals surface area contributed by atoms with Gasteiger partial charge in [0.15, 0.2) is 0 Å². The Morgan fingerprint density at radius 1 is 1.13 bits per heavy atom. The molecule has 23 heavy (non-hydrogen) atoms. The van der Waals surface area contributed by atoms with Gasteiger partial charge >= 0.3 is 5.97 Å². The molecule has 1 atom stereocenters. The van der Waals surface area contributed by atoms with Crippen molar-refractivity contribution in [1.29, 1.82) is 0 Å². The number of hydrogen-bond donors (Lipinski definition) is 1. The van der Waals surface area contributed by atoms with Gasteiger partial charge in [0.05, 0.1) is 7.11 Å². The zero-order valence-electron chi connectivity index (χ0n) is 12.8. The Bertz CT molecular complexity index is 673. The van der Waals surface area contributed by atoms with E-state index < -0.39 is 23.7 Å². The first-order valence-corrected chi connectivity index (χ1v) is 7.28. The Balaban J connectivity index is 2.03. The molecule has 0 radical (unpaired) electrons. The molecule has 1 N–H and O–H groups in total. The second-order valence-electron chi connectivity index (χ2n) is 5.08. The normalized spacial score (nSPS) is 11.6. The van der Waals surface area contributed by atoms with E-state index in [2.05, 4.69) is 5.32 Å². The van der Waals surface area contributed by atoms with Crippen molar-refractivity contribution in [2.45, 2.75) is 18.9 Å². The first-order chi connectivity index (χ1) is 11.1. The molecule has 0 heterocycles. The van der Waals surface area contributed by atoms with E-state index in [4.69, 9.17) is 4.74 Å². The van der Waals surface area contributed by atoms with Crippen LogP contribution in [0.4, 0.5) is 4.39 Å². The zero-order valence-corrected chi connectivity index (χ0v) is 12.8. The number of ether oxygens (including phenoxy) is 1. The summed E-state index contributed by atoms with van der Waals surface area (Å²) in [6.45, 7) is 0. The predicted molar refractivity (Wildman–Crippen MR) is 84.4 cm³/mol. The van der Waals surface area contributed by atoms with Crippen LogP contribution in [0, 0.1) is 5.82 Å². The van der Waals surface area contributed by atoms with Crippen molar-refractivity contribution in [2.24, 2.45) is 0 Å². The molecule has 0 aromatic heterocycles. The van der Waals surface area contributed by atoms with Gasteiger partial charge in [0.1, 0.15) is 11.9 Å². The summed E-state index contributed by atoms with van der Waals surface area (Å²) in [5.41, 5.74) is 1.22. The largest absolute Gasteiger partial charge is 0.467 e. The molecule has 0 aliphatic carbocycles. The van der Waals surface area contributed by atoms with Gasteiger partial charge in [-0.05, 0) is 36.6 Å². The van der Waals surface area contributed by atoms with Crippen molar-refractivity contribution in [3.63, 3.8) is 0 Å². The van der Waals surface area contributed by atoms with E-state index in [0.717, 1.165) is 11.6 Å². The number of hydrogen-bond acceptors (Lipinski definition) is 3. The van der Waals surface area contributed by atoms with E-state index in [0.29, 0.717) is 12.8 Å². The van der Waals surface area contributed by atoms with Crippen molar-refractivity contribution in [3.05, 3.63) is 71.5 Å². The standard InChI is InChI=1S/C18H18FNO3/c1-23-18(22)16(11-10-13-6-3-2-4-7-13)20-17(21)14-8-5-9-15(19)12-14/h2-9,12,16H,10-11H2,1H3,(H,20,21)/t16-/m1/s1. The Labute approximate surface area is 134 Å². The molecule has 2 rings (SSSR count). The number of esters is 1. The summed E-state index contributed by atoms with van der Waals surface area (Å²) >= 11 is 0. The van der Waals surface area contributed by atoms with Crippen molar-refractivity contribution in [2.75, 3.05) is 7.11 Å². The minimum absolute atomic E-state index is 0.165. The second kappa shape index (κ2) is 8.08. The highest BCUT2D eigenvalue weighted by molar-refractivity contribution is 5.96. The molecule has 0 aliphatic heterocycles. The predicted octanol–water partition coefficient (Wildman–Crippen LogP) is 2.73. The van der Waals surface area contributed by atoms with Crippen LogP contribution in [0.2, 0.25) is 0 Å². The summed E-state index contributed by atoms with van der Waals surface area (Å²) in [5, 5.41) is 2.60. The average Bonchev–Trinajstić information content (AvgIpc) is 2.58. The molecular formula is C18H18FNO3. The van der Waals surface area contributed by atoms with Gasteiger partial charge in [-0.25, -0.2) is 9.18 Å². The Kier molecular flexibility index (Phi) is 5.86. The number of nitrogens with one attached hydrogen (secondary N) is 1. The van der Waals surface area contributed by atoms with Crippen LogP contribution < -0.4 is 5.32 Å². The average molecular weight is 315 g/mol. The number of carbonyl (C=O) groups excluding carboxylic acids is 2. The summed E-state index contributed by atoms with van der Waals surface area (Å²) in [6, 6.07) is 14.2. The summed E-state index contributed by atoms with van der Waals surface area (Å²) < 4.78 is 17.9. The molecule has 1 amide bonds. The number of methoxy groups -OCH3 is 1. The fourth-order valence-electron chi connectivity index (χ4n) is 2.22. The Hall–Kier alpha value is -2.69. The highest BCUT2D eigenvalue weighted by Gasteiger charge is 2.22. The van der Waals surface area contributed by atoms with E-state index in [1.54, 1.807) is 0 Å². The topological polar surface area (TPSA) is 55.4 Å². The summed E-state index contributed by atoms with van der Waals surface area (Å²) in [4.78, 5) is 24.0. The van der Waals surface area contributed by atoms with Crippen LogP contribution in [-0.4, -0.2) is 25.0 Å². The lowest BCUT2D eigenvalue weighted by atomic mass is 10.0. The number of amides is 1. The van der Waals surface area contributed by atoms with Crippen LogP contribution in [0.3, 0.4) is 0 Å². The summed E-state index contributed by atoms with van der Waals surface area (Å²) in [7, 11) is 1.27. The number of rotatable bonds is 6. The zero-order chi connectivity index (χ0) is 16.7. The van der Waals surface area contributed by atoms with Gasteiger partial charge in [0.2, 0.25) is 0 Å². The van der Waals surface area contributed by atoms with Crippen LogP contribution in [0.1, 0.15) is 22.3 Å². The molecule has 0 bridgehead atoms. The lowest BCUT2D eigenvalue weighted by molar-refractivity contribution is -0.143. The number of benzene rings is 2. The molecule has 0 aliphatic rings. The number of aryl methyl sites for hydroxylation is 1. The Morgan fingerprint density at radius 2 is 1.87 bits per heavy atom. The van der Waals surface area contributed by atoms with Crippen LogP contribution in [-0.2, 0) is 16.0 Å². The maximum atomic E-state index is 13.2. The smallest absolute Gasteiger partial charge is 0.328 e. The van der Waals surface area contributed by atoms with Gasteiger partial charge in [-0.15, -0.1) is 0 Å². The van der Waals surface area contributed by atoms with Gasteiger partial charge in [0, 0.05) is 5.56 Å². The van der Waals surface area contributed by atoms with Crippen LogP contribution in [0.15, 0.2) is 54.6 Å². The lowest BCUT2D eigenvalue weighted by Crippen LogP contribution is -2.41. The van der Waals surface area contributed by atoms with E-state index in [-0.39, 0.29) is 5.56 Å². The van der Waals surface area contributed by atoms with Crippen molar-refractivity contribution in [1.82, 2.24) is 5.32 Å². The SMILES string of the molecule is COC(=O)[C@@H](CCc1ccccc1)NC(=O)c1cccc(F)c1. The van der Waals surface area contributed by atoms with E-state index >= 15 is 0 Å². The van der Waals surface area contributed by atoms with Gasteiger partial charge in [0.25, 0.3) is 5.91 Å². The molecule has 0 unspecified atom stereocenters. The molecule has 0 saturated heterocycles. The van der Waals surface area contributed by atoms with Gasteiger partial charge in [-0.1, -0.05) is 36.4 Å².